The van der Waals surface area contributed by atoms with Gasteiger partial charge in [-0.25, -0.2) is 0 Å². The molecule has 6 heteroatoms. The summed E-state index contributed by atoms with van der Waals surface area (Å²) >= 11 is 0. The summed E-state index contributed by atoms with van der Waals surface area (Å²) in [6, 6.07) is 16.4. The molecule has 0 aromatic heterocycles. The molecule has 5 rings (SSSR count). The lowest BCUT2D eigenvalue weighted by Crippen LogP contribution is -2.46. The van der Waals surface area contributed by atoms with Gasteiger partial charge in [0.05, 0.1) is 18.8 Å². The molecule has 0 spiro atoms. The smallest absolute Gasteiger partial charge is 0.221 e. The van der Waals surface area contributed by atoms with Crippen LogP contribution in [0.5, 0.6) is 0 Å². The number of aliphatic hydroxyl groups is 1. The van der Waals surface area contributed by atoms with Crippen LogP contribution in [0.4, 0.5) is 5.69 Å². The lowest BCUT2D eigenvalue weighted by Gasteiger charge is -2.43. The first-order chi connectivity index (χ1) is 17.5. The highest BCUT2D eigenvalue weighted by molar-refractivity contribution is 5.88. The van der Waals surface area contributed by atoms with Gasteiger partial charge in [-0.2, -0.15) is 0 Å². The van der Waals surface area contributed by atoms with Gasteiger partial charge in [0, 0.05) is 43.2 Å². The molecule has 6 nitrogen and oxygen atoms in total. The molecule has 6 atom stereocenters. The van der Waals surface area contributed by atoms with Crippen molar-refractivity contribution >= 4 is 11.6 Å². The Morgan fingerprint density at radius 3 is 2.54 bits per heavy atom. The lowest BCUT2D eigenvalue weighted by atomic mass is 9.65. The van der Waals surface area contributed by atoms with Gasteiger partial charge in [0.2, 0.25) is 5.91 Å². The molecule has 2 aliphatic heterocycles. The van der Waals surface area contributed by atoms with Gasteiger partial charge in [-0.15, -0.1) is 0 Å². The Balaban J connectivity index is 1.42. The van der Waals surface area contributed by atoms with Crippen LogP contribution >= 0.6 is 0 Å². The number of anilines is 1. The number of aliphatic hydroxyl groups excluding tert-OH is 1. The molecular weight excluding hydrogens is 464 g/mol. The molecule has 2 N–H and O–H groups in total. The number of ether oxygens (including phenoxy) is 2. The molecule has 2 bridgehead atoms. The second-order valence-corrected chi connectivity index (χ2v) is 12.8. The van der Waals surface area contributed by atoms with Crippen molar-refractivity contribution in [3.63, 3.8) is 0 Å². The number of likely N-dealkylation sites (tertiary alicyclic amines) is 1. The van der Waals surface area contributed by atoms with E-state index >= 15 is 0 Å². The molecule has 2 unspecified atom stereocenters. The number of nitrogens with zero attached hydrogens (tertiary/aromatic N) is 1. The Bertz CT molecular complexity index is 1120. The van der Waals surface area contributed by atoms with Crippen molar-refractivity contribution in [2.24, 2.45) is 16.7 Å². The Labute approximate surface area is 221 Å². The van der Waals surface area contributed by atoms with Gasteiger partial charge < -0.3 is 19.9 Å². The topological polar surface area (TPSA) is 71.0 Å². The maximum Gasteiger partial charge on any atom is 0.221 e. The Hall–Kier alpha value is -2.25. The third-order valence-electron chi connectivity index (χ3n) is 8.54. The van der Waals surface area contributed by atoms with Gasteiger partial charge in [-0.3, -0.25) is 9.69 Å². The van der Waals surface area contributed by atoms with E-state index < -0.39 is 6.29 Å². The van der Waals surface area contributed by atoms with Crippen molar-refractivity contribution in [1.29, 1.82) is 0 Å². The number of benzene rings is 2. The number of hydrogen-bond donors (Lipinski definition) is 2. The number of hydrogen-bond acceptors (Lipinski definition) is 5. The van der Waals surface area contributed by atoms with Crippen molar-refractivity contribution in [2.75, 3.05) is 18.4 Å². The first-order valence-electron chi connectivity index (χ1n) is 13.7. The standard InChI is InChI=1S/C31H42N2O4/c1-20-27(16-33-19-31(5)15-26(33)14-30(3,4)18-31)36-29(24-7-6-8-25(13-24)32-21(2)35)37-28(20)23-11-9-22(17-34)10-12-23/h6-13,20,26-29,34H,14-19H2,1-5H3,(H,32,35)/t20-,26?,27+,28+,29+,31?/m1/s1. The molecule has 2 saturated heterocycles. The number of carbonyl (C=O) groups excluding carboxylic acids is 1. The van der Waals surface area contributed by atoms with Gasteiger partial charge in [-0.1, -0.05) is 64.1 Å². The first-order valence-corrected chi connectivity index (χ1v) is 13.7. The van der Waals surface area contributed by atoms with E-state index in [0.29, 0.717) is 16.9 Å². The van der Waals surface area contributed by atoms with Crippen LogP contribution < -0.4 is 5.32 Å². The van der Waals surface area contributed by atoms with Gasteiger partial charge in [0.15, 0.2) is 6.29 Å². The van der Waals surface area contributed by atoms with Crippen LogP contribution in [0.25, 0.3) is 0 Å². The fourth-order valence-electron chi connectivity index (χ4n) is 7.32. The van der Waals surface area contributed by atoms with E-state index in [1.165, 1.54) is 26.2 Å². The predicted octanol–water partition coefficient (Wildman–Crippen LogP) is 5.83. The van der Waals surface area contributed by atoms with Crippen LogP contribution in [0.15, 0.2) is 48.5 Å². The van der Waals surface area contributed by atoms with Crippen molar-refractivity contribution in [3.05, 3.63) is 65.2 Å². The van der Waals surface area contributed by atoms with Crippen LogP contribution in [-0.4, -0.2) is 41.1 Å². The molecular formula is C31H42N2O4. The highest BCUT2D eigenvalue weighted by Crippen LogP contribution is 2.53. The first kappa shape index (κ1) is 26.4. The highest BCUT2D eigenvalue weighted by atomic mass is 16.7. The average Bonchev–Trinajstić information content (AvgIpc) is 3.07. The molecule has 1 amide bonds. The number of fused-ring (bicyclic) bond motifs is 2. The predicted molar refractivity (Wildman–Crippen MR) is 145 cm³/mol. The SMILES string of the molecule is CC(=O)Nc1cccc([C@H]2O[C@@H](CN3CC4(C)CC3CC(C)(C)C4)[C@@H](C)[C@@H](c3ccc(CO)cc3)O2)c1. The minimum Gasteiger partial charge on any atom is -0.392 e. The van der Waals surface area contributed by atoms with Crippen molar-refractivity contribution in [3.8, 4) is 0 Å². The van der Waals surface area contributed by atoms with Crippen molar-refractivity contribution < 1.29 is 19.4 Å². The fraction of sp³-hybridized carbons (Fsp3) is 0.581. The van der Waals surface area contributed by atoms with Gasteiger partial charge in [0.1, 0.15) is 0 Å². The van der Waals surface area contributed by atoms with Crippen LogP contribution in [0.3, 0.4) is 0 Å². The van der Waals surface area contributed by atoms with Crippen LogP contribution in [-0.2, 0) is 20.9 Å². The van der Waals surface area contributed by atoms with E-state index in [1.807, 2.05) is 36.4 Å². The third-order valence-corrected chi connectivity index (χ3v) is 8.54. The molecule has 0 radical (unpaired) electrons. The molecule has 1 aliphatic carbocycles. The number of carbonyl (C=O) groups is 1. The molecule has 2 aromatic carbocycles. The van der Waals surface area contributed by atoms with Gasteiger partial charge >= 0.3 is 0 Å². The van der Waals surface area contributed by atoms with E-state index in [-0.39, 0.29) is 30.6 Å². The number of rotatable bonds is 6. The Kier molecular flexibility index (Phi) is 7.22. The second kappa shape index (κ2) is 10.1. The molecule has 1 saturated carbocycles. The largest absolute Gasteiger partial charge is 0.392 e. The summed E-state index contributed by atoms with van der Waals surface area (Å²) in [5, 5.41) is 12.4. The maximum atomic E-state index is 11.6. The summed E-state index contributed by atoms with van der Waals surface area (Å²) < 4.78 is 13.3. The third kappa shape index (κ3) is 5.78. The lowest BCUT2D eigenvalue weighted by molar-refractivity contribution is -0.276. The van der Waals surface area contributed by atoms with Crippen molar-refractivity contribution in [1.82, 2.24) is 4.90 Å². The molecule has 2 heterocycles. The monoisotopic (exact) mass is 506 g/mol. The second-order valence-electron chi connectivity index (χ2n) is 12.8. The number of amides is 1. The molecule has 2 aromatic rings. The van der Waals surface area contributed by atoms with E-state index in [1.54, 1.807) is 0 Å². The molecule has 37 heavy (non-hydrogen) atoms. The van der Waals surface area contributed by atoms with Crippen LogP contribution in [0.2, 0.25) is 0 Å². The quantitative estimate of drug-likeness (QED) is 0.516. The van der Waals surface area contributed by atoms with E-state index in [2.05, 4.69) is 50.0 Å². The summed E-state index contributed by atoms with van der Waals surface area (Å²) in [6.45, 7) is 13.1. The van der Waals surface area contributed by atoms with Gasteiger partial charge in [0.25, 0.3) is 0 Å². The van der Waals surface area contributed by atoms with E-state index in [9.17, 15) is 9.90 Å². The molecule has 3 aliphatic rings. The maximum absolute atomic E-state index is 11.6. The Morgan fingerprint density at radius 2 is 1.84 bits per heavy atom. The molecule has 3 fully saturated rings. The van der Waals surface area contributed by atoms with E-state index in [4.69, 9.17) is 9.47 Å². The summed E-state index contributed by atoms with van der Waals surface area (Å²) in [7, 11) is 0. The van der Waals surface area contributed by atoms with Crippen LogP contribution in [0, 0.1) is 16.7 Å². The van der Waals surface area contributed by atoms with Crippen molar-refractivity contribution in [2.45, 2.75) is 85.0 Å². The Morgan fingerprint density at radius 1 is 1.08 bits per heavy atom. The summed E-state index contributed by atoms with van der Waals surface area (Å²) in [5.41, 5.74) is 4.35. The highest BCUT2D eigenvalue weighted by Gasteiger charge is 2.51. The van der Waals surface area contributed by atoms with E-state index in [0.717, 1.165) is 35.5 Å². The van der Waals surface area contributed by atoms with Gasteiger partial charge in [-0.05, 0) is 53.4 Å². The zero-order chi connectivity index (χ0) is 26.4. The van der Waals surface area contributed by atoms with Crippen LogP contribution in [0.1, 0.15) is 83.0 Å². The average molecular weight is 507 g/mol. The molecule has 200 valence electrons. The summed E-state index contributed by atoms with van der Waals surface area (Å²) in [5.74, 6) is 0.0450. The summed E-state index contributed by atoms with van der Waals surface area (Å²) in [6.07, 6.45) is 3.09. The number of nitrogens with one attached hydrogen (secondary N) is 1. The zero-order valence-corrected chi connectivity index (χ0v) is 22.9. The minimum atomic E-state index is -0.536. The minimum absolute atomic E-state index is 0.00301. The fourth-order valence-corrected chi connectivity index (χ4v) is 7.32. The normalized spacial score (nSPS) is 33.3. The summed E-state index contributed by atoms with van der Waals surface area (Å²) in [4.78, 5) is 14.3. The zero-order valence-electron chi connectivity index (χ0n) is 22.9.